The summed E-state index contributed by atoms with van der Waals surface area (Å²) in [6, 6.07) is 0. The molecule has 0 fully saturated rings. The van der Waals surface area contributed by atoms with E-state index >= 15 is 0 Å². The quantitative estimate of drug-likeness (QED) is 0.641. The van der Waals surface area contributed by atoms with Crippen LogP contribution in [0.15, 0.2) is 11.1 Å². The third kappa shape index (κ3) is 2.89. The summed E-state index contributed by atoms with van der Waals surface area (Å²) < 4.78 is 0. The lowest BCUT2D eigenvalue weighted by molar-refractivity contribution is -0.136. The highest BCUT2D eigenvalue weighted by atomic mass is 16.4. The molecular weight excluding hydrogens is 172 g/mol. The van der Waals surface area contributed by atoms with Crippen LogP contribution >= 0.6 is 0 Å². The molecule has 0 amide bonds. The predicted molar refractivity (Wildman–Crippen MR) is 47.4 cm³/mol. The van der Waals surface area contributed by atoms with Gasteiger partial charge in [0.2, 0.25) is 0 Å². The minimum Gasteiger partial charge on any atom is -0.478 e. The molecular formula is C9H14O4. The van der Waals surface area contributed by atoms with Gasteiger partial charge in [-0.05, 0) is 12.3 Å². The Bertz CT molecular complexity index is 268. The third-order valence-electron chi connectivity index (χ3n) is 1.66. The second kappa shape index (κ2) is 3.60. The topological polar surface area (TPSA) is 74.6 Å². The van der Waals surface area contributed by atoms with Crippen molar-refractivity contribution in [3.05, 3.63) is 11.1 Å². The number of carbonyl (C=O) groups is 2. The summed E-state index contributed by atoms with van der Waals surface area (Å²) in [5, 5.41) is 17.5. The van der Waals surface area contributed by atoms with Crippen LogP contribution in [0.5, 0.6) is 0 Å². The molecule has 0 aromatic heterocycles. The van der Waals surface area contributed by atoms with Gasteiger partial charge in [-0.2, -0.15) is 0 Å². The first-order valence-corrected chi connectivity index (χ1v) is 3.86. The van der Waals surface area contributed by atoms with E-state index in [1.807, 2.05) is 0 Å². The van der Waals surface area contributed by atoms with Gasteiger partial charge < -0.3 is 10.2 Å². The van der Waals surface area contributed by atoms with Crippen LogP contribution in [0.2, 0.25) is 0 Å². The van der Waals surface area contributed by atoms with Crippen molar-refractivity contribution < 1.29 is 19.8 Å². The van der Waals surface area contributed by atoms with Gasteiger partial charge in [-0.3, -0.25) is 0 Å². The summed E-state index contributed by atoms with van der Waals surface area (Å²) in [6.45, 7) is 6.31. The number of rotatable bonds is 2. The third-order valence-corrected chi connectivity index (χ3v) is 1.66. The summed E-state index contributed by atoms with van der Waals surface area (Å²) in [5.41, 5.74) is -0.825. The second-order valence-corrected chi connectivity index (χ2v) is 3.86. The van der Waals surface area contributed by atoms with Crippen molar-refractivity contribution >= 4 is 11.9 Å². The number of hydrogen-bond acceptors (Lipinski definition) is 2. The van der Waals surface area contributed by atoms with E-state index in [0.29, 0.717) is 0 Å². The van der Waals surface area contributed by atoms with Gasteiger partial charge in [0.1, 0.15) is 0 Å². The van der Waals surface area contributed by atoms with E-state index < -0.39 is 17.4 Å². The van der Waals surface area contributed by atoms with Crippen molar-refractivity contribution in [3.8, 4) is 0 Å². The molecule has 0 aliphatic rings. The molecule has 0 radical (unpaired) electrons. The standard InChI is InChI=1S/C9H14O4/c1-5(7(10)11)6(8(12)13)9(2,3)4/h1-4H3,(H,10,11)(H,12,13). The summed E-state index contributed by atoms with van der Waals surface area (Å²) >= 11 is 0. The van der Waals surface area contributed by atoms with Crippen molar-refractivity contribution in [1.29, 1.82) is 0 Å². The molecule has 0 spiro atoms. The minimum absolute atomic E-state index is 0.0556. The maximum absolute atomic E-state index is 10.8. The molecule has 0 aliphatic carbocycles. The predicted octanol–water partition coefficient (Wildman–Crippen LogP) is 1.52. The lowest BCUT2D eigenvalue weighted by atomic mass is 9.83. The lowest BCUT2D eigenvalue weighted by Gasteiger charge is -2.20. The lowest BCUT2D eigenvalue weighted by Crippen LogP contribution is -2.21. The first kappa shape index (κ1) is 11.7. The van der Waals surface area contributed by atoms with E-state index in [4.69, 9.17) is 10.2 Å². The van der Waals surface area contributed by atoms with Crippen LogP contribution in [0, 0.1) is 5.41 Å². The maximum Gasteiger partial charge on any atom is 0.332 e. The zero-order valence-corrected chi connectivity index (χ0v) is 8.21. The Morgan fingerprint density at radius 2 is 1.38 bits per heavy atom. The minimum atomic E-state index is -1.19. The number of hydrogen-bond donors (Lipinski definition) is 2. The molecule has 4 heteroatoms. The van der Waals surface area contributed by atoms with Gasteiger partial charge in [0, 0.05) is 5.57 Å². The van der Waals surface area contributed by atoms with E-state index in [1.165, 1.54) is 6.92 Å². The van der Waals surface area contributed by atoms with Crippen molar-refractivity contribution in [2.45, 2.75) is 27.7 Å². The molecule has 4 nitrogen and oxygen atoms in total. The van der Waals surface area contributed by atoms with E-state index in [0.717, 1.165) is 0 Å². The fourth-order valence-electron chi connectivity index (χ4n) is 1.15. The van der Waals surface area contributed by atoms with Crippen LogP contribution in [0.25, 0.3) is 0 Å². The Hall–Kier alpha value is -1.32. The Morgan fingerprint density at radius 1 is 1.00 bits per heavy atom. The fourth-order valence-corrected chi connectivity index (χ4v) is 1.15. The van der Waals surface area contributed by atoms with Crippen LogP contribution in [0.1, 0.15) is 27.7 Å². The zero-order chi connectivity index (χ0) is 10.8. The molecule has 0 bridgehead atoms. The van der Waals surface area contributed by atoms with Crippen LogP contribution in [0.4, 0.5) is 0 Å². The van der Waals surface area contributed by atoms with Gasteiger partial charge in [-0.25, -0.2) is 9.59 Å². The molecule has 0 heterocycles. The monoisotopic (exact) mass is 186 g/mol. The Balaban J connectivity index is 5.40. The molecule has 13 heavy (non-hydrogen) atoms. The van der Waals surface area contributed by atoms with Crippen LogP contribution in [0.3, 0.4) is 0 Å². The van der Waals surface area contributed by atoms with Crippen LogP contribution in [-0.2, 0) is 9.59 Å². The van der Waals surface area contributed by atoms with Crippen molar-refractivity contribution in [1.82, 2.24) is 0 Å². The van der Waals surface area contributed by atoms with Crippen LogP contribution in [-0.4, -0.2) is 22.2 Å². The second-order valence-electron chi connectivity index (χ2n) is 3.86. The van der Waals surface area contributed by atoms with Crippen LogP contribution < -0.4 is 0 Å². The van der Waals surface area contributed by atoms with Crippen molar-refractivity contribution in [3.63, 3.8) is 0 Å². The molecule has 2 N–H and O–H groups in total. The smallest absolute Gasteiger partial charge is 0.332 e. The SMILES string of the molecule is CC(C(=O)O)=C(C(=O)O)C(C)(C)C. The highest BCUT2D eigenvalue weighted by molar-refractivity contribution is 5.99. The van der Waals surface area contributed by atoms with Gasteiger partial charge in [0.25, 0.3) is 0 Å². The molecule has 0 rings (SSSR count). The highest BCUT2D eigenvalue weighted by Gasteiger charge is 2.27. The number of carboxylic acid groups (broad SMARTS) is 2. The molecule has 0 aliphatic heterocycles. The summed E-state index contributed by atoms with van der Waals surface area (Å²) in [7, 11) is 0. The van der Waals surface area contributed by atoms with E-state index in [-0.39, 0.29) is 11.1 Å². The largest absolute Gasteiger partial charge is 0.478 e. The molecule has 0 atom stereocenters. The van der Waals surface area contributed by atoms with Crippen molar-refractivity contribution in [2.75, 3.05) is 0 Å². The zero-order valence-electron chi connectivity index (χ0n) is 8.21. The van der Waals surface area contributed by atoms with E-state index in [2.05, 4.69) is 0 Å². The molecule has 0 saturated carbocycles. The van der Waals surface area contributed by atoms with E-state index in [1.54, 1.807) is 20.8 Å². The number of aliphatic carboxylic acids is 2. The summed E-state index contributed by atoms with van der Waals surface area (Å²) in [4.78, 5) is 21.3. The summed E-state index contributed by atoms with van der Waals surface area (Å²) in [5.74, 6) is -2.36. The summed E-state index contributed by atoms with van der Waals surface area (Å²) in [6.07, 6.45) is 0. The highest BCUT2D eigenvalue weighted by Crippen LogP contribution is 2.28. The Kier molecular flexibility index (Phi) is 3.23. The fraction of sp³-hybridized carbons (Fsp3) is 0.556. The van der Waals surface area contributed by atoms with E-state index in [9.17, 15) is 9.59 Å². The Morgan fingerprint density at radius 3 is 1.46 bits per heavy atom. The average molecular weight is 186 g/mol. The van der Waals surface area contributed by atoms with Gasteiger partial charge in [0.05, 0.1) is 5.57 Å². The average Bonchev–Trinajstić information content (AvgIpc) is 1.82. The molecule has 0 saturated heterocycles. The van der Waals surface area contributed by atoms with Gasteiger partial charge in [-0.1, -0.05) is 20.8 Å². The molecule has 0 aromatic carbocycles. The number of carboxylic acids is 2. The molecule has 0 unspecified atom stereocenters. The van der Waals surface area contributed by atoms with Gasteiger partial charge in [-0.15, -0.1) is 0 Å². The Labute approximate surface area is 76.9 Å². The van der Waals surface area contributed by atoms with Crippen molar-refractivity contribution in [2.24, 2.45) is 5.41 Å². The maximum atomic E-state index is 10.8. The first-order chi connectivity index (χ1) is 5.68. The molecule has 0 aromatic rings. The normalized spacial score (nSPS) is 13.5. The first-order valence-electron chi connectivity index (χ1n) is 3.86. The molecule has 74 valence electrons. The van der Waals surface area contributed by atoms with Gasteiger partial charge in [0.15, 0.2) is 0 Å². The van der Waals surface area contributed by atoms with Gasteiger partial charge >= 0.3 is 11.9 Å².